The summed E-state index contributed by atoms with van der Waals surface area (Å²) in [5.74, 6) is 0.765. The summed E-state index contributed by atoms with van der Waals surface area (Å²) in [7, 11) is 0. The first-order valence-corrected chi connectivity index (χ1v) is 33.5. The molecule has 394 valence electrons. The first kappa shape index (κ1) is 57.3. The van der Waals surface area contributed by atoms with Crippen LogP contribution < -0.4 is 0 Å². The monoisotopic (exact) mass is 1090 g/mol. The second kappa shape index (κ2) is 28.1. The second-order valence-electron chi connectivity index (χ2n) is 21.1. The molecule has 0 bridgehead atoms. The summed E-state index contributed by atoms with van der Waals surface area (Å²) in [5.41, 5.74) is 5.93. The molecule has 6 heterocycles. The van der Waals surface area contributed by atoms with Gasteiger partial charge in [0.15, 0.2) is 5.82 Å². The molecule has 0 aliphatic heterocycles. The molecule has 0 spiro atoms. The number of hydrogen-bond donors (Lipinski definition) is 0. The molecular formula is C63H87FO2S6. The number of carbonyl (C=O) groups is 1. The topological polar surface area (TPSA) is 26.3 Å². The Morgan fingerprint density at radius 1 is 0.528 bits per heavy atom. The number of carbonyl (C=O) groups excluding carboxylic acids is 1. The number of benzene rings is 1. The molecule has 3 unspecified atom stereocenters. The zero-order chi connectivity index (χ0) is 51.3. The zero-order valence-electron chi connectivity index (χ0n) is 45.9. The molecule has 0 N–H and O–H groups in total. The number of thiophene rings is 6. The molecule has 7 aromatic rings. The Balaban J connectivity index is 1.44. The van der Waals surface area contributed by atoms with Gasteiger partial charge in [0.2, 0.25) is 0 Å². The summed E-state index contributed by atoms with van der Waals surface area (Å²) in [5, 5.41) is 3.30. The maximum Gasteiger partial charge on any atom is 0.351 e. The minimum atomic E-state index is -0.520. The number of ether oxygens (including phenoxy) is 1. The molecule has 0 fully saturated rings. The van der Waals surface area contributed by atoms with E-state index in [4.69, 9.17) is 4.74 Å². The van der Waals surface area contributed by atoms with Crippen molar-refractivity contribution in [1.82, 2.24) is 0 Å². The van der Waals surface area contributed by atoms with Crippen molar-refractivity contribution in [2.24, 2.45) is 17.8 Å². The van der Waals surface area contributed by atoms with Gasteiger partial charge in [0, 0.05) is 70.8 Å². The van der Waals surface area contributed by atoms with Crippen LogP contribution in [0.15, 0.2) is 24.3 Å². The summed E-state index contributed by atoms with van der Waals surface area (Å²) >= 11 is 11.0. The van der Waals surface area contributed by atoms with Gasteiger partial charge in [-0.25, -0.2) is 9.18 Å². The lowest BCUT2D eigenvalue weighted by Crippen LogP contribution is -2.14. The standard InChI is InChI=1S/C63H87FO2S6/c1-11-19-24-26-31-49-45(34-42(16-6)28-21-13-3)36-51(69-49)55-47-33-40(9)67-58(47)56(52-37-46(35-43(17-7)29-22-14-4)50(70-52)32-27-25-20-12-2)48-38-53(71-59(48)55)60-61-54(41(10)68-60)57(64)62(72-61)63(65)66-39-44(18-8)30-23-15-5/h33,36-38,42-44H,11-32,34-35,39H2,1-10H3. The third-order valence-corrected chi connectivity index (χ3v) is 22.9. The lowest BCUT2D eigenvalue weighted by Gasteiger charge is -2.15. The van der Waals surface area contributed by atoms with Crippen molar-refractivity contribution in [2.45, 2.75) is 223 Å². The van der Waals surface area contributed by atoms with Gasteiger partial charge in [-0.2, -0.15) is 0 Å². The van der Waals surface area contributed by atoms with Crippen molar-refractivity contribution in [3.05, 3.63) is 65.6 Å². The van der Waals surface area contributed by atoms with E-state index >= 15 is 4.39 Å². The highest BCUT2D eigenvalue weighted by Crippen LogP contribution is 2.56. The lowest BCUT2D eigenvalue weighted by atomic mass is 9.90. The molecule has 72 heavy (non-hydrogen) atoms. The van der Waals surface area contributed by atoms with Crippen molar-refractivity contribution >= 4 is 104 Å². The molecule has 6 aromatic heterocycles. The Hall–Kier alpha value is -2.40. The van der Waals surface area contributed by atoms with Crippen molar-refractivity contribution in [3.8, 4) is 30.6 Å². The van der Waals surface area contributed by atoms with Crippen LogP contribution >= 0.6 is 68.0 Å². The molecule has 0 saturated carbocycles. The summed E-state index contributed by atoms with van der Waals surface area (Å²) < 4.78 is 26.2. The Morgan fingerprint density at radius 2 is 1.03 bits per heavy atom. The molecule has 0 saturated heterocycles. The van der Waals surface area contributed by atoms with Crippen LogP contribution in [0.4, 0.5) is 4.39 Å². The number of aryl methyl sites for hydroxylation is 4. The maximum atomic E-state index is 16.7. The van der Waals surface area contributed by atoms with E-state index in [-0.39, 0.29) is 4.88 Å². The van der Waals surface area contributed by atoms with Gasteiger partial charge in [-0.15, -0.1) is 68.0 Å². The zero-order valence-corrected chi connectivity index (χ0v) is 50.8. The number of fused-ring (bicyclic) bond motifs is 3. The molecule has 0 aliphatic rings. The molecule has 3 atom stereocenters. The summed E-state index contributed by atoms with van der Waals surface area (Å²) in [6.45, 7) is 23.1. The van der Waals surface area contributed by atoms with Crippen molar-refractivity contribution in [2.75, 3.05) is 6.61 Å². The van der Waals surface area contributed by atoms with E-state index in [1.807, 2.05) is 29.6 Å². The Morgan fingerprint density at radius 3 is 1.54 bits per heavy atom. The SMILES string of the molecule is CCCCCCc1sc(-c2c3cc(-c4sc(C)c5c(F)c(C(=O)OCC(CC)CCCC)sc45)sc3c(-c3cc(CC(CC)CCCC)c(CCCCCC)s3)c3cc(C)sc23)cc1CC(CC)CCCC. The molecule has 7 rings (SSSR count). The van der Waals surface area contributed by atoms with Crippen LogP contribution in [-0.2, 0) is 30.4 Å². The first-order valence-electron chi connectivity index (χ1n) is 28.6. The number of halogens is 1. The lowest BCUT2D eigenvalue weighted by molar-refractivity contribution is 0.0429. The molecule has 0 radical (unpaired) electrons. The Bertz CT molecular complexity index is 2680. The summed E-state index contributed by atoms with van der Waals surface area (Å²) in [6, 6.07) is 10.2. The van der Waals surface area contributed by atoms with Gasteiger partial charge in [0.05, 0.1) is 16.2 Å². The van der Waals surface area contributed by atoms with Crippen LogP contribution in [0.5, 0.6) is 0 Å². The maximum absolute atomic E-state index is 16.7. The molecule has 1 aromatic carbocycles. The van der Waals surface area contributed by atoms with Gasteiger partial charge >= 0.3 is 5.97 Å². The fraction of sp³-hybridized carbons (Fsp3) is 0.603. The average Bonchev–Trinajstić information content (AvgIpc) is 4.25. The normalized spacial score (nSPS) is 13.4. The number of rotatable bonds is 32. The fourth-order valence-electron chi connectivity index (χ4n) is 11.0. The van der Waals surface area contributed by atoms with Crippen LogP contribution in [0.2, 0.25) is 0 Å². The van der Waals surface area contributed by atoms with E-state index in [0.717, 1.165) is 65.8 Å². The summed E-state index contributed by atoms with van der Waals surface area (Å²) in [6.07, 6.45) is 29.1. The van der Waals surface area contributed by atoms with Gasteiger partial charge in [-0.05, 0) is 112 Å². The van der Waals surface area contributed by atoms with E-state index in [2.05, 4.69) is 109 Å². The van der Waals surface area contributed by atoms with Crippen molar-refractivity contribution < 1.29 is 13.9 Å². The molecule has 0 amide bonds. The number of hydrogen-bond acceptors (Lipinski definition) is 8. The highest BCUT2D eigenvalue weighted by atomic mass is 32.1. The largest absolute Gasteiger partial charge is 0.461 e. The van der Waals surface area contributed by atoms with E-state index in [1.54, 1.807) is 32.2 Å². The molecule has 9 heteroatoms. The van der Waals surface area contributed by atoms with Gasteiger partial charge in [-0.3, -0.25) is 0 Å². The predicted octanol–water partition coefficient (Wildman–Crippen LogP) is 23.4. The van der Waals surface area contributed by atoms with E-state index in [0.29, 0.717) is 29.7 Å². The highest BCUT2D eigenvalue weighted by Gasteiger charge is 2.30. The van der Waals surface area contributed by atoms with Crippen LogP contribution in [-0.4, -0.2) is 12.6 Å². The first-order chi connectivity index (χ1) is 35.0. The highest BCUT2D eigenvalue weighted by molar-refractivity contribution is 7.32. The molecular weight excluding hydrogens is 1000 g/mol. The van der Waals surface area contributed by atoms with Gasteiger partial charge in [-0.1, -0.05) is 165 Å². The van der Waals surface area contributed by atoms with Crippen molar-refractivity contribution in [3.63, 3.8) is 0 Å². The van der Waals surface area contributed by atoms with Crippen LogP contribution in [0, 0.1) is 37.4 Å². The van der Waals surface area contributed by atoms with E-state index in [9.17, 15) is 4.79 Å². The second-order valence-corrected chi connectivity index (χ2v) is 28.0. The minimum Gasteiger partial charge on any atom is -0.461 e. The third kappa shape index (κ3) is 13.6. The Labute approximate surface area is 458 Å². The van der Waals surface area contributed by atoms with Crippen LogP contribution in [0.3, 0.4) is 0 Å². The molecule has 2 nitrogen and oxygen atoms in total. The van der Waals surface area contributed by atoms with Crippen LogP contribution in [0.1, 0.15) is 224 Å². The minimum absolute atomic E-state index is 0.116. The Kier molecular flexibility index (Phi) is 22.4. The van der Waals surface area contributed by atoms with Gasteiger partial charge in [0.1, 0.15) is 4.88 Å². The van der Waals surface area contributed by atoms with Crippen molar-refractivity contribution in [1.29, 1.82) is 0 Å². The number of unbranched alkanes of at least 4 members (excludes halogenated alkanes) is 9. The van der Waals surface area contributed by atoms with Gasteiger partial charge in [0.25, 0.3) is 0 Å². The number of esters is 1. The fourth-order valence-corrected chi connectivity index (χ4v) is 18.6. The molecule has 0 aliphatic carbocycles. The van der Waals surface area contributed by atoms with Crippen LogP contribution in [0.25, 0.3) is 60.9 Å². The smallest absolute Gasteiger partial charge is 0.351 e. The average molecular weight is 1090 g/mol. The quantitative estimate of drug-likeness (QED) is 0.0310. The predicted molar refractivity (Wildman–Crippen MR) is 325 cm³/mol. The van der Waals surface area contributed by atoms with E-state index < -0.39 is 11.8 Å². The summed E-state index contributed by atoms with van der Waals surface area (Å²) in [4.78, 5) is 24.4. The van der Waals surface area contributed by atoms with E-state index in [1.165, 1.54) is 165 Å². The van der Waals surface area contributed by atoms with Gasteiger partial charge < -0.3 is 4.74 Å². The third-order valence-electron chi connectivity index (χ3n) is 15.6.